The Kier molecular flexibility index (Phi) is 24.2. The van der Waals surface area contributed by atoms with E-state index in [2.05, 4.69) is 41.8 Å². The molecule has 0 rings (SSSR count). The minimum atomic E-state index is -6.40. The number of hydrogen-bond donors (Lipinski definition) is 12. The van der Waals surface area contributed by atoms with Gasteiger partial charge in [0.2, 0.25) is 0 Å². The van der Waals surface area contributed by atoms with Crippen molar-refractivity contribution in [1.82, 2.24) is 10.6 Å². The van der Waals surface area contributed by atoms with Gasteiger partial charge in [0.05, 0.1) is 13.2 Å². The lowest BCUT2D eigenvalue weighted by Crippen LogP contribution is -2.57. The standard InChI is InChI=1S/C15H30N2O42S10/c18-14(12(58-68(44,45)46)10(56-66(38,39)40)8(54-64(32,33)34)6(52-62(26,27)28)4-50-60(20,21)22)16-2-1-3-17-15(19)13(59-69(47,48)49)11(57-67(41,42)43)9(55-65(35,36)37)7(53-63(29,30)31)5-51-61(23,24)25/h6-13H,1-5H2,(H,16,18)(H,17,19)(H,20,21,22)(H,23,24,25)(H,26,27,28)(H,29,30,31)(H,32,33,34)(H,35,36,37)(H,38,39,40)(H,41,42,43)(H,44,45,46)(H,47,48,49). The average molecular weight is 1230 g/mol. The van der Waals surface area contributed by atoms with Crippen LogP contribution in [0.4, 0.5) is 0 Å². The monoisotopic (exact) mass is 1230 g/mol. The van der Waals surface area contributed by atoms with Crippen LogP contribution in [0.15, 0.2) is 0 Å². The van der Waals surface area contributed by atoms with Gasteiger partial charge in [-0.15, -0.1) is 0 Å². The highest BCUT2D eigenvalue weighted by Crippen LogP contribution is 2.26. The first-order chi connectivity index (χ1) is 30.3. The zero-order valence-corrected chi connectivity index (χ0v) is 39.9. The number of hydrogen-bond acceptors (Lipinski definition) is 32. The summed E-state index contributed by atoms with van der Waals surface area (Å²) in [5.41, 5.74) is 0. The number of carbonyl (C=O) groups excluding carboxylic acids is 2. The van der Waals surface area contributed by atoms with Crippen molar-refractivity contribution < 1.29 is 181 Å². The highest BCUT2D eigenvalue weighted by atomic mass is 32.3. The summed E-state index contributed by atoms with van der Waals surface area (Å²) in [6.07, 6.45) is -30.6. The number of nitrogens with one attached hydrogen (secondary N) is 2. The fourth-order valence-electron chi connectivity index (χ4n) is 4.22. The van der Waals surface area contributed by atoms with Gasteiger partial charge in [-0.2, -0.15) is 84.2 Å². The summed E-state index contributed by atoms with van der Waals surface area (Å²) in [5, 5.41) is 2.89. The molecule has 0 aromatic rings. The molecule has 8 unspecified atom stereocenters. The number of rotatable bonds is 34. The van der Waals surface area contributed by atoms with Gasteiger partial charge in [-0.05, 0) is 6.42 Å². The average Bonchev–Trinajstić information content (AvgIpc) is 3.05. The first-order valence-electron chi connectivity index (χ1n) is 15.3. The summed E-state index contributed by atoms with van der Waals surface area (Å²) in [7, 11) is -62.3. The van der Waals surface area contributed by atoms with Gasteiger partial charge in [0.15, 0.2) is 12.2 Å². The maximum Gasteiger partial charge on any atom is 0.398 e. The van der Waals surface area contributed by atoms with E-state index in [-0.39, 0.29) is 0 Å². The predicted molar refractivity (Wildman–Crippen MR) is 197 cm³/mol. The van der Waals surface area contributed by atoms with Crippen molar-refractivity contribution in [3.05, 3.63) is 0 Å². The van der Waals surface area contributed by atoms with E-state index >= 15 is 0 Å². The lowest BCUT2D eigenvalue weighted by atomic mass is 10.0. The van der Waals surface area contributed by atoms with E-state index in [1.54, 1.807) is 0 Å². The van der Waals surface area contributed by atoms with Gasteiger partial charge < -0.3 is 10.6 Å². The third-order valence-corrected chi connectivity index (χ3v) is 10.7. The molecule has 0 aliphatic carbocycles. The van der Waals surface area contributed by atoms with Gasteiger partial charge in [0.25, 0.3) is 11.8 Å². The molecule has 0 radical (unpaired) electrons. The van der Waals surface area contributed by atoms with Crippen molar-refractivity contribution in [1.29, 1.82) is 0 Å². The Morgan fingerprint density at radius 1 is 0.319 bits per heavy atom. The minimum absolute atomic E-state index is 1.06. The second-order valence-corrected chi connectivity index (χ2v) is 21.9. The number of carbonyl (C=O) groups is 2. The van der Waals surface area contributed by atoms with Crippen LogP contribution < -0.4 is 10.6 Å². The molecule has 0 aliphatic rings. The van der Waals surface area contributed by atoms with Crippen LogP contribution in [0.3, 0.4) is 0 Å². The highest BCUT2D eigenvalue weighted by molar-refractivity contribution is 7.83. The maximum absolute atomic E-state index is 13.2. The molecule has 2 amide bonds. The first kappa shape index (κ1) is 66.6. The molecule has 412 valence electrons. The summed E-state index contributed by atoms with van der Waals surface area (Å²) in [5.74, 6) is -4.76. The van der Waals surface area contributed by atoms with E-state index in [1.807, 2.05) is 0 Å². The van der Waals surface area contributed by atoms with Crippen molar-refractivity contribution in [2.75, 3.05) is 26.3 Å². The lowest BCUT2D eigenvalue weighted by molar-refractivity contribution is -0.139. The summed E-state index contributed by atoms with van der Waals surface area (Å²) < 4.78 is 360. The topological polar surface area (TPSA) is 694 Å². The fourth-order valence-corrected chi connectivity index (χ4v) is 8.71. The van der Waals surface area contributed by atoms with Crippen LogP contribution in [0.5, 0.6) is 0 Å². The Labute approximate surface area is 387 Å². The SMILES string of the molecule is O=C(NCCCNC(=O)C(OS(=O)(=O)O)C(OS(=O)(=O)O)C(OS(=O)(=O)O)C(COS(=O)(=O)O)OS(=O)(=O)O)C(OS(=O)(=O)O)C(OS(=O)(=O)O)C(OS(=O)(=O)O)C(COS(=O)(=O)O)OS(=O)(=O)O. The van der Waals surface area contributed by atoms with E-state index in [1.165, 1.54) is 10.6 Å². The Bertz CT molecular complexity index is 2740. The molecule has 0 aliphatic heterocycles. The van der Waals surface area contributed by atoms with Gasteiger partial charge in [-0.3, -0.25) is 55.1 Å². The van der Waals surface area contributed by atoms with Gasteiger partial charge in [0.1, 0.15) is 36.6 Å². The van der Waals surface area contributed by atoms with Crippen LogP contribution in [0.25, 0.3) is 0 Å². The van der Waals surface area contributed by atoms with E-state index in [0.29, 0.717) is 0 Å². The Morgan fingerprint density at radius 2 is 0.536 bits per heavy atom. The van der Waals surface area contributed by atoms with E-state index < -0.39 is 197 Å². The van der Waals surface area contributed by atoms with Crippen LogP contribution in [-0.4, -0.2) is 217 Å². The molecular formula is C15H30N2O42S10. The second kappa shape index (κ2) is 25.0. The van der Waals surface area contributed by atoms with Crippen LogP contribution in [0.1, 0.15) is 6.42 Å². The molecule has 12 N–H and O–H groups in total. The quantitative estimate of drug-likeness (QED) is 0.0210. The molecule has 54 heteroatoms. The molecule has 0 saturated carbocycles. The molecule has 69 heavy (non-hydrogen) atoms. The van der Waals surface area contributed by atoms with Gasteiger partial charge >= 0.3 is 104 Å². The van der Waals surface area contributed by atoms with Crippen LogP contribution >= 0.6 is 0 Å². The zero-order chi connectivity index (χ0) is 54.8. The molecule has 0 fully saturated rings. The van der Waals surface area contributed by atoms with E-state index in [0.717, 1.165) is 0 Å². The number of amides is 2. The Balaban J connectivity index is 7.37. The normalized spacial score (nSPS) is 17.7. The molecule has 0 bridgehead atoms. The molecule has 0 aromatic heterocycles. The highest BCUT2D eigenvalue weighted by Gasteiger charge is 2.51. The molecule has 0 saturated heterocycles. The van der Waals surface area contributed by atoms with Gasteiger partial charge in [-0.1, -0.05) is 0 Å². The maximum atomic E-state index is 13.2. The lowest BCUT2D eigenvalue weighted by Gasteiger charge is -2.32. The molecular weight excluding hydrogens is 1200 g/mol. The van der Waals surface area contributed by atoms with Crippen molar-refractivity contribution in [3.8, 4) is 0 Å². The fraction of sp³-hybridized carbons (Fsp3) is 0.867. The van der Waals surface area contributed by atoms with Crippen molar-refractivity contribution in [2.24, 2.45) is 0 Å². The smallest absolute Gasteiger partial charge is 0.354 e. The largest absolute Gasteiger partial charge is 0.398 e. The van der Waals surface area contributed by atoms with Crippen LogP contribution in [0, 0.1) is 0 Å². The molecule has 44 nitrogen and oxygen atoms in total. The molecule has 0 heterocycles. The molecule has 8 atom stereocenters. The first-order valence-corrected chi connectivity index (χ1v) is 28.9. The van der Waals surface area contributed by atoms with E-state index in [9.17, 15) is 121 Å². The summed E-state index contributed by atoms with van der Waals surface area (Å²) in [6.45, 7) is -7.14. The van der Waals surface area contributed by atoms with E-state index in [4.69, 9.17) is 18.2 Å². The molecule has 0 aromatic carbocycles. The Hall–Kier alpha value is -2.36. The van der Waals surface area contributed by atoms with Gasteiger partial charge in [-0.25, -0.2) is 41.8 Å². The third-order valence-electron chi connectivity index (χ3n) is 6.08. The van der Waals surface area contributed by atoms with Crippen LogP contribution in [0.2, 0.25) is 0 Å². The second-order valence-electron chi connectivity index (χ2n) is 11.3. The summed E-state index contributed by atoms with van der Waals surface area (Å²) in [6, 6.07) is 0. The van der Waals surface area contributed by atoms with Crippen molar-refractivity contribution >= 4 is 116 Å². The molecule has 0 spiro atoms. The predicted octanol–water partition coefficient (Wildman–Crippen LogP) is -9.25. The summed E-state index contributed by atoms with van der Waals surface area (Å²) in [4.78, 5) is 26.3. The van der Waals surface area contributed by atoms with Crippen LogP contribution in [-0.2, 0) is 155 Å². The zero-order valence-electron chi connectivity index (χ0n) is 31.8. The Morgan fingerprint density at radius 3 is 0.739 bits per heavy atom. The third kappa shape index (κ3) is 33.1. The summed E-state index contributed by atoms with van der Waals surface area (Å²) >= 11 is 0. The van der Waals surface area contributed by atoms with Crippen molar-refractivity contribution in [2.45, 2.75) is 55.3 Å². The minimum Gasteiger partial charge on any atom is -0.354 e. The van der Waals surface area contributed by atoms with Crippen molar-refractivity contribution in [3.63, 3.8) is 0 Å². The van der Waals surface area contributed by atoms with Gasteiger partial charge in [0, 0.05) is 13.1 Å².